The van der Waals surface area contributed by atoms with E-state index in [0.717, 1.165) is 49.9 Å². The molecular formula is C37H34F2N6O2. The van der Waals surface area contributed by atoms with Gasteiger partial charge >= 0.3 is 6.01 Å². The number of hydrogen-bond acceptors (Lipinski definition) is 8. The number of nitrogens with zero attached hydrogens (tertiary/aromatic N) is 5. The van der Waals surface area contributed by atoms with Crippen LogP contribution in [0.2, 0.25) is 0 Å². The van der Waals surface area contributed by atoms with Crippen molar-refractivity contribution in [1.29, 1.82) is 0 Å². The average molecular weight is 633 g/mol. The van der Waals surface area contributed by atoms with Crippen molar-refractivity contribution in [2.75, 3.05) is 31.1 Å². The summed E-state index contributed by atoms with van der Waals surface area (Å²) >= 11 is 0. The second-order valence-corrected chi connectivity index (χ2v) is 13.8. The Labute approximate surface area is 271 Å². The van der Waals surface area contributed by atoms with Gasteiger partial charge in [0.1, 0.15) is 40.9 Å². The van der Waals surface area contributed by atoms with E-state index < -0.39 is 11.6 Å². The molecule has 47 heavy (non-hydrogen) atoms. The van der Waals surface area contributed by atoms with Crippen LogP contribution in [0.3, 0.4) is 0 Å². The van der Waals surface area contributed by atoms with E-state index in [0.29, 0.717) is 40.7 Å². The van der Waals surface area contributed by atoms with Crippen molar-refractivity contribution in [2.24, 2.45) is 0 Å². The molecule has 8 nitrogen and oxygen atoms in total. The molecule has 4 saturated heterocycles. The first kappa shape index (κ1) is 28.6. The molecule has 0 saturated carbocycles. The number of terminal acetylenes is 1. The third-order valence-electron chi connectivity index (χ3n) is 10.8. The Morgan fingerprint density at radius 2 is 1.89 bits per heavy atom. The Bertz CT molecular complexity index is 2070. The van der Waals surface area contributed by atoms with Crippen molar-refractivity contribution in [3.8, 4) is 35.5 Å². The third-order valence-corrected chi connectivity index (χ3v) is 10.8. The van der Waals surface area contributed by atoms with Gasteiger partial charge in [-0.05, 0) is 44.1 Å². The minimum atomic E-state index is -0.673. The minimum absolute atomic E-state index is 0.0218. The smallest absolute Gasteiger partial charge is 0.319 e. The lowest BCUT2D eigenvalue weighted by Crippen LogP contribution is -2.62. The van der Waals surface area contributed by atoms with Crippen LogP contribution in [-0.4, -0.2) is 75.9 Å². The molecule has 0 amide bonds. The molecule has 7 heterocycles. The van der Waals surface area contributed by atoms with Crippen molar-refractivity contribution in [3.63, 3.8) is 0 Å². The lowest BCUT2D eigenvalue weighted by atomic mass is 9.92. The molecule has 4 aromatic rings. The zero-order valence-corrected chi connectivity index (χ0v) is 26.2. The highest BCUT2D eigenvalue weighted by atomic mass is 19.1. The van der Waals surface area contributed by atoms with E-state index in [4.69, 9.17) is 30.8 Å². The SMILES string of the molecule is C#Cc1c(F)ccc2cccc(-c3nc4c5c(nc(OCC67CC(=C)CN6CC(=C)C7)nc5c3F)N3C[C@H]5CC[C@H](N5)[C@H]3[C@H](C)O4)c12. The Kier molecular flexibility index (Phi) is 6.21. The Hall–Kier alpha value is -4.59. The number of benzene rings is 2. The van der Waals surface area contributed by atoms with Crippen molar-refractivity contribution in [2.45, 2.75) is 62.4 Å². The van der Waals surface area contributed by atoms with E-state index in [2.05, 4.69) is 34.2 Å². The van der Waals surface area contributed by atoms with Crippen molar-refractivity contribution in [1.82, 2.24) is 25.2 Å². The highest BCUT2D eigenvalue weighted by Crippen LogP contribution is 2.46. The van der Waals surface area contributed by atoms with Crippen LogP contribution in [0.4, 0.5) is 14.6 Å². The van der Waals surface area contributed by atoms with E-state index in [1.807, 2.05) is 13.0 Å². The lowest BCUT2D eigenvalue weighted by Gasteiger charge is -2.42. The fourth-order valence-electron chi connectivity index (χ4n) is 8.88. The number of fused-ring (bicyclic) bond motifs is 7. The molecule has 0 spiro atoms. The minimum Gasteiger partial charge on any atom is -0.472 e. The van der Waals surface area contributed by atoms with Gasteiger partial charge < -0.3 is 19.7 Å². The van der Waals surface area contributed by atoms with Gasteiger partial charge in [0.15, 0.2) is 5.82 Å². The lowest BCUT2D eigenvalue weighted by molar-refractivity contribution is 0.108. The number of hydrogen-bond donors (Lipinski definition) is 1. The van der Waals surface area contributed by atoms with Crippen LogP contribution < -0.4 is 19.7 Å². The number of halogens is 2. The van der Waals surface area contributed by atoms with Crippen LogP contribution in [0.25, 0.3) is 32.9 Å². The maximum Gasteiger partial charge on any atom is 0.319 e. The van der Waals surface area contributed by atoms with Crippen LogP contribution in [0.5, 0.6) is 11.9 Å². The van der Waals surface area contributed by atoms with Gasteiger partial charge in [0.2, 0.25) is 5.88 Å². The highest BCUT2D eigenvalue weighted by molar-refractivity contribution is 6.03. The molecule has 9 rings (SSSR count). The zero-order valence-electron chi connectivity index (χ0n) is 26.2. The molecule has 5 aliphatic heterocycles. The molecule has 0 unspecified atom stereocenters. The number of nitrogens with one attached hydrogen (secondary N) is 1. The topological polar surface area (TPSA) is 75.6 Å². The average Bonchev–Trinajstić information content (AvgIpc) is 3.65. The fraction of sp³-hybridized carbons (Fsp3) is 0.378. The first-order valence-electron chi connectivity index (χ1n) is 16.2. The zero-order chi connectivity index (χ0) is 32.2. The second-order valence-electron chi connectivity index (χ2n) is 13.8. The fourth-order valence-corrected chi connectivity index (χ4v) is 8.88. The van der Waals surface area contributed by atoms with Crippen LogP contribution in [-0.2, 0) is 0 Å². The van der Waals surface area contributed by atoms with Gasteiger partial charge in [-0.15, -0.1) is 6.42 Å². The largest absolute Gasteiger partial charge is 0.472 e. The predicted molar refractivity (Wildman–Crippen MR) is 177 cm³/mol. The van der Waals surface area contributed by atoms with Gasteiger partial charge in [-0.25, -0.2) is 13.8 Å². The summed E-state index contributed by atoms with van der Waals surface area (Å²) < 4.78 is 45.2. The van der Waals surface area contributed by atoms with E-state index in [1.54, 1.807) is 18.2 Å². The van der Waals surface area contributed by atoms with E-state index in [9.17, 15) is 4.39 Å². The highest BCUT2D eigenvalue weighted by Gasteiger charge is 2.49. The second kappa shape index (κ2) is 10.2. The summed E-state index contributed by atoms with van der Waals surface area (Å²) in [6.45, 7) is 13.1. The molecule has 238 valence electrons. The molecule has 4 fully saturated rings. The third kappa shape index (κ3) is 4.22. The molecular weight excluding hydrogens is 598 g/mol. The summed E-state index contributed by atoms with van der Waals surface area (Å²) in [6, 6.07) is 8.74. The van der Waals surface area contributed by atoms with E-state index in [1.165, 1.54) is 6.07 Å². The maximum atomic E-state index is 17.1. The van der Waals surface area contributed by atoms with Crippen LogP contribution in [0.1, 0.15) is 38.2 Å². The molecule has 5 aliphatic rings. The number of anilines is 1. The van der Waals surface area contributed by atoms with Gasteiger partial charge in [-0.3, -0.25) is 4.90 Å². The number of piperazine rings is 1. The predicted octanol–water partition coefficient (Wildman–Crippen LogP) is 5.53. The van der Waals surface area contributed by atoms with Gasteiger partial charge in [0.25, 0.3) is 0 Å². The standard InChI is InChI=1S/C37H34F2N6O2/c1-5-24-26(38)11-9-22-7-6-8-25(28(22)24)31-30(39)32-29-34(45-17-23-10-12-27(40-23)33(45)21(4)47-35(29)41-31)43-36(42-32)46-18-37-13-19(2)15-44(37)16-20(3)14-37/h1,6-9,11,21,23,27,33,40H,2-3,10,12-18H2,4H3/t21-,23+,27-,33+/m0/s1. The molecule has 10 heteroatoms. The number of aromatic nitrogens is 3. The van der Waals surface area contributed by atoms with Crippen LogP contribution in [0.15, 0.2) is 54.6 Å². The summed E-state index contributed by atoms with van der Waals surface area (Å²) in [5, 5.41) is 5.21. The van der Waals surface area contributed by atoms with Crippen molar-refractivity contribution < 1.29 is 18.3 Å². The van der Waals surface area contributed by atoms with Crippen LogP contribution >= 0.6 is 0 Å². The van der Waals surface area contributed by atoms with Crippen molar-refractivity contribution >= 4 is 27.5 Å². The first-order valence-corrected chi connectivity index (χ1v) is 16.2. The first-order chi connectivity index (χ1) is 22.7. The summed E-state index contributed by atoms with van der Waals surface area (Å²) in [4.78, 5) is 19.1. The Morgan fingerprint density at radius 1 is 1.09 bits per heavy atom. The van der Waals surface area contributed by atoms with E-state index >= 15 is 4.39 Å². The maximum absolute atomic E-state index is 17.1. The van der Waals surface area contributed by atoms with Gasteiger partial charge in [-0.1, -0.05) is 54.5 Å². The van der Waals surface area contributed by atoms with Gasteiger partial charge in [0, 0.05) is 42.7 Å². The number of rotatable bonds is 4. The monoisotopic (exact) mass is 632 g/mol. The normalized spacial score (nSPS) is 25.9. The molecule has 2 bridgehead atoms. The summed E-state index contributed by atoms with van der Waals surface area (Å²) in [5.41, 5.74) is 2.46. The summed E-state index contributed by atoms with van der Waals surface area (Å²) in [6.07, 6.45) is 9.12. The molecule has 1 N–H and O–H groups in total. The molecule has 2 aromatic heterocycles. The molecule has 4 atom stereocenters. The van der Waals surface area contributed by atoms with Gasteiger partial charge in [0.05, 0.1) is 17.1 Å². The summed E-state index contributed by atoms with van der Waals surface area (Å²) in [7, 11) is 0. The Balaban J connectivity index is 1.25. The number of pyridine rings is 1. The number of ether oxygens (including phenoxy) is 2. The summed E-state index contributed by atoms with van der Waals surface area (Å²) in [5.74, 6) is 2.02. The molecule has 0 radical (unpaired) electrons. The Morgan fingerprint density at radius 3 is 2.68 bits per heavy atom. The molecule has 2 aromatic carbocycles. The van der Waals surface area contributed by atoms with Crippen molar-refractivity contribution in [3.05, 3.63) is 71.8 Å². The molecule has 0 aliphatic carbocycles. The van der Waals surface area contributed by atoms with E-state index in [-0.39, 0.29) is 58.4 Å². The van der Waals surface area contributed by atoms with Gasteiger partial charge in [-0.2, -0.15) is 9.97 Å². The van der Waals surface area contributed by atoms with Crippen LogP contribution in [0, 0.1) is 24.0 Å². The quantitative estimate of drug-likeness (QED) is 0.233.